The molecule has 0 aliphatic carbocycles. The molecule has 0 bridgehead atoms. The molecule has 4 nitrogen and oxygen atoms in total. The molecule has 0 saturated carbocycles. The summed E-state index contributed by atoms with van der Waals surface area (Å²) in [5.74, 6) is -0.115. The third kappa shape index (κ3) is 4.70. The minimum absolute atomic E-state index is 0.115. The van der Waals surface area contributed by atoms with E-state index in [1.54, 1.807) is 6.08 Å². The fourth-order valence-corrected chi connectivity index (χ4v) is 2.94. The highest BCUT2D eigenvalue weighted by atomic mass is 16.1. The summed E-state index contributed by atoms with van der Waals surface area (Å²) < 4.78 is 0. The molecule has 2 aromatic carbocycles. The molecule has 130 valence electrons. The Hall–Kier alpha value is -2.59. The van der Waals surface area contributed by atoms with Crippen molar-refractivity contribution in [1.29, 1.82) is 0 Å². The Labute approximate surface area is 149 Å². The molecule has 1 N–H and O–H groups in total. The van der Waals surface area contributed by atoms with E-state index in [9.17, 15) is 4.79 Å². The largest absolute Gasteiger partial charge is 0.369 e. The van der Waals surface area contributed by atoms with E-state index in [0.29, 0.717) is 0 Å². The number of anilines is 2. The summed E-state index contributed by atoms with van der Waals surface area (Å²) in [6.45, 7) is 6.29. The van der Waals surface area contributed by atoms with Gasteiger partial charge >= 0.3 is 0 Å². The first-order chi connectivity index (χ1) is 12.1. The number of carbonyl (C=O) groups excluding carboxylic acids is 1. The summed E-state index contributed by atoms with van der Waals surface area (Å²) in [4.78, 5) is 16.8. The summed E-state index contributed by atoms with van der Waals surface area (Å²) >= 11 is 0. The second-order valence-electron chi connectivity index (χ2n) is 6.52. The quantitative estimate of drug-likeness (QED) is 0.870. The van der Waals surface area contributed by atoms with Crippen LogP contribution in [0.4, 0.5) is 11.4 Å². The van der Waals surface area contributed by atoms with Gasteiger partial charge in [-0.25, -0.2) is 0 Å². The van der Waals surface area contributed by atoms with Gasteiger partial charge in [-0.2, -0.15) is 0 Å². The predicted octanol–water partition coefficient (Wildman–Crippen LogP) is 3.40. The minimum atomic E-state index is -0.115. The van der Waals surface area contributed by atoms with Crippen LogP contribution >= 0.6 is 0 Å². The van der Waals surface area contributed by atoms with Crippen LogP contribution in [0.25, 0.3) is 6.08 Å². The van der Waals surface area contributed by atoms with Crippen molar-refractivity contribution in [2.45, 2.75) is 6.92 Å². The van der Waals surface area contributed by atoms with Gasteiger partial charge in [-0.3, -0.25) is 4.79 Å². The van der Waals surface area contributed by atoms with Crippen molar-refractivity contribution in [1.82, 2.24) is 4.90 Å². The molecule has 0 unspecified atom stereocenters. The van der Waals surface area contributed by atoms with Gasteiger partial charge in [0.2, 0.25) is 5.91 Å². The SMILES string of the molecule is Cc1ccccc1/C=C/C(=O)Nc1ccc(N2CCN(C)CC2)cc1. The molecule has 0 radical (unpaired) electrons. The molecular formula is C21H25N3O. The molecule has 0 spiro atoms. The van der Waals surface area contributed by atoms with Crippen molar-refractivity contribution >= 4 is 23.4 Å². The topological polar surface area (TPSA) is 35.6 Å². The van der Waals surface area contributed by atoms with Gasteiger partial charge in [-0.15, -0.1) is 0 Å². The van der Waals surface area contributed by atoms with E-state index in [0.717, 1.165) is 43.0 Å². The number of nitrogens with one attached hydrogen (secondary N) is 1. The summed E-state index contributed by atoms with van der Waals surface area (Å²) in [7, 11) is 2.15. The standard InChI is InChI=1S/C21H25N3O/c1-17-5-3-4-6-18(17)7-12-21(25)22-19-8-10-20(11-9-19)24-15-13-23(2)14-16-24/h3-12H,13-16H2,1-2H3,(H,22,25)/b12-7+. The van der Waals surface area contributed by atoms with E-state index >= 15 is 0 Å². The van der Waals surface area contributed by atoms with Crippen molar-refractivity contribution in [3.8, 4) is 0 Å². The highest BCUT2D eigenvalue weighted by Crippen LogP contribution is 2.19. The molecule has 4 heteroatoms. The Morgan fingerprint density at radius 1 is 1.00 bits per heavy atom. The van der Waals surface area contributed by atoms with Crippen molar-refractivity contribution < 1.29 is 4.79 Å². The van der Waals surface area contributed by atoms with Gasteiger partial charge in [0.25, 0.3) is 0 Å². The van der Waals surface area contributed by atoms with Gasteiger partial charge in [-0.1, -0.05) is 24.3 Å². The first-order valence-corrected chi connectivity index (χ1v) is 8.70. The minimum Gasteiger partial charge on any atom is -0.369 e. The van der Waals surface area contributed by atoms with E-state index in [4.69, 9.17) is 0 Å². The van der Waals surface area contributed by atoms with E-state index in [1.807, 2.05) is 49.4 Å². The Morgan fingerprint density at radius 3 is 2.36 bits per heavy atom. The van der Waals surface area contributed by atoms with Crippen LogP contribution in [0.2, 0.25) is 0 Å². The molecule has 1 aliphatic heterocycles. The summed E-state index contributed by atoms with van der Waals surface area (Å²) in [6, 6.07) is 16.1. The van der Waals surface area contributed by atoms with Gasteiger partial charge < -0.3 is 15.1 Å². The maximum Gasteiger partial charge on any atom is 0.248 e. The van der Waals surface area contributed by atoms with Crippen molar-refractivity contribution in [2.24, 2.45) is 0 Å². The van der Waals surface area contributed by atoms with Crippen LogP contribution in [-0.4, -0.2) is 44.0 Å². The van der Waals surface area contributed by atoms with E-state index in [-0.39, 0.29) is 5.91 Å². The maximum absolute atomic E-state index is 12.1. The number of nitrogens with zero attached hydrogens (tertiary/aromatic N) is 2. The van der Waals surface area contributed by atoms with Crippen molar-refractivity contribution in [2.75, 3.05) is 43.4 Å². The Kier molecular flexibility index (Phi) is 5.51. The van der Waals surface area contributed by atoms with Crippen LogP contribution in [0.5, 0.6) is 0 Å². The fourth-order valence-electron chi connectivity index (χ4n) is 2.94. The molecule has 1 amide bonds. The van der Waals surface area contributed by atoms with Crippen LogP contribution in [0.15, 0.2) is 54.6 Å². The molecule has 1 aliphatic rings. The molecular weight excluding hydrogens is 310 g/mol. The fraction of sp³-hybridized carbons (Fsp3) is 0.286. The summed E-state index contributed by atoms with van der Waals surface area (Å²) in [5.41, 5.74) is 4.24. The first-order valence-electron chi connectivity index (χ1n) is 8.70. The van der Waals surface area contributed by atoms with Gasteiger partial charge in [0.05, 0.1) is 0 Å². The number of carbonyl (C=O) groups is 1. The predicted molar refractivity (Wildman–Crippen MR) is 105 cm³/mol. The molecule has 1 heterocycles. The number of hydrogen-bond acceptors (Lipinski definition) is 3. The normalized spacial score (nSPS) is 15.5. The van der Waals surface area contributed by atoms with Gasteiger partial charge in [0.1, 0.15) is 0 Å². The molecule has 1 fully saturated rings. The smallest absolute Gasteiger partial charge is 0.248 e. The monoisotopic (exact) mass is 335 g/mol. The molecule has 0 aromatic heterocycles. The first kappa shape index (κ1) is 17.2. The average molecular weight is 335 g/mol. The van der Waals surface area contributed by atoms with Gasteiger partial charge in [0.15, 0.2) is 0 Å². The highest BCUT2D eigenvalue weighted by Gasteiger charge is 2.13. The van der Waals surface area contributed by atoms with Crippen molar-refractivity contribution in [3.63, 3.8) is 0 Å². The molecule has 3 rings (SSSR count). The van der Waals surface area contributed by atoms with Gasteiger partial charge in [0, 0.05) is 43.6 Å². The lowest BCUT2D eigenvalue weighted by Gasteiger charge is -2.34. The Balaban J connectivity index is 1.58. The summed E-state index contributed by atoms with van der Waals surface area (Å²) in [6.07, 6.45) is 3.43. The third-order valence-corrected chi connectivity index (χ3v) is 4.61. The number of benzene rings is 2. The van der Waals surface area contributed by atoms with Crippen LogP contribution in [0, 0.1) is 6.92 Å². The second-order valence-corrected chi connectivity index (χ2v) is 6.52. The van der Waals surface area contributed by atoms with Crippen LogP contribution in [0.3, 0.4) is 0 Å². The van der Waals surface area contributed by atoms with E-state index in [2.05, 4.69) is 34.3 Å². The second kappa shape index (κ2) is 7.99. The number of hydrogen-bond donors (Lipinski definition) is 1. The van der Waals surface area contributed by atoms with E-state index in [1.165, 1.54) is 5.69 Å². The summed E-state index contributed by atoms with van der Waals surface area (Å²) in [5, 5.41) is 2.92. The van der Waals surface area contributed by atoms with Crippen molar-refractivity contribution in [3.05, 3.63) is 65.7 Å². The molecule has 2 aromatic rings. The Morgan fingerprint density at radius 2 is 1.68 bits per heavy atom. The number of rotatable bonds is 4. The lowest BCUT2D eigenvalue weighted by molar-refractivity contribution is -0.111. The zero-order valence-electron chi connectivity index (χ0n) is 14.9. The van der Waals surface area contributed by atoms with Crippen LogP contribution in [0.1, 0.15) is 11.1 Å². The lowest BCUT2D eigenvalue weighted by Crippen LogP contribution is -2.44. The average Bonchev–Trinajstić information content (AvgIpc) is 2.62. The highest BCUT2D eigenvalue weighted by molar-refractivity contribution is 6.02. The third-order valence-electron chi connectivity index (χ3n) is 4.61. The molecule has 1 saturated heterocycles. The van der Waals surface area contributed by atoms with Crippen LogP contribution < -0.4 is 10.2 Å². The molecule has 25 heavy (non-hydrogen) atoms. The number of likely N-dealkylation sites (N-methyl/N-ethyl adjacent to an activating group) is 1. The zero-order chi connectivity index (χ0) is 17.6. The maximum atomic E-state index is 12.1. The zero-order valence-corrected chi connectivity index (χ0v) is 14.9. The lowest BCUT2D eigenvalue weighted by atomic mass is 10.1. The molecule has 0 atom stereocenters. The van der Waals surface area contributed by atoms with Gasteiger partial charge in [-0.05, 0) is 55.4 Å². The Bertz CT molecular complexity index is 744. The number of amides is 1. The van der Waals surface area contributed by atoms with E-state index < -0.39 is 0 Å². The number of piperazine rings is 1. The number of aryl methyl sites for hydroxylation is 1. The van der Waals surface area contributed by atoms with Crippen LogP contribution in [-0.2, 0) is 4.79 Å².